The minimum atomic E-state index is -3.76. The molecular weight excluding hydrogens is 472 g/mol. The molecule has 6 nitrogen and oxygen atoms in total. The Morgan fingerprint density at radius 3 is 2.44 bits per heavy atom. The van der Waals surface area contributed by atoms with E-state index in [9.17, 15) is 13.2 Å². The fourth-order valence-corrected chi connectivity index (χ4v) is 6.24. The molecule has 188 valence electrons. The number of hydrogen-bond acceptors (Lipinski definition) is 5. The molecule has 7 heteroatoms. The Hall–Kier alpha value is -3.16. The van der Waals surface area contributed by atoms with Crippen molar-refractivity contribution in [3.63, 3.8) is 0 Å². The van der Waals surface area contributed by atoms with Crippen molar-refractivity contribution in [2.24, 2.45) is 11.8 Å². The van der Waals surface area contributed by atoms with Crippen LogP contribution in [0, 0.1) is 25.7 Å². The minimum Gasteiger partial charge on any atom is -0.378 e. The second-order valence-electron chi connectivity index (χ2n) is 10.2. The summed E-state index contributed by atoms with van der Waals surface area (Å²) in [6.45, 7) is 8.38. The SMILES string of the molecule is Cc1ccc(NS(=O)(=O)c2ccc3c(c2)C2OCC[C@H]2[C@@H](c2ccc(C(=O)C(C)C)cc2)N3)cc1C. The average Bonchev–Trinajstić information content (AvgIpc) is 3.35. The zero-order valence-corrected chi connectivity index (χ0v) is 21.9. The van der Waals surface area contributed by atoms with E-state index in [4.69, 9.17) is 4.74 Å². The van der Waals surface area contributed by atoms with Crippen molar-refractivity contribution >= 4 is 27.2 Å². The maximum atomic E-state index is 13.2. The van der Waals surface area contributed by atoms with Crippen molar-refractivity contribution in [1.82, 2.24) is 0 Å². The Labute approximate surface area is 213 Å². The second kappa shape index (κ2) is 9.37. The number of anilines is 2. The first-order valence-electron chi connectivity index (χ1n) is 12.4. The quantitative estimate of drug-likeness (QED) is 0.391. The largest absolute Gasteiger partial charge is 0.378 e. The maximum absolute atomic E-state index is 13.2. The second-order valence-corrected chi connectivity index (χ2v) is 11.8. The van der Waals surface area contributed by atoms with Crippen molar-refractivity contribution < 1.29 is 17.9 Å². The third kappa shape index (κ3) is 4.53. The van der Waals surface area contributed by atoms with Crippen molar-refractivity contribution in [2.75, 3.05) is 16.6 Å². The molecule has 36 heavy (non-hydrogen) atoms. The first-order valence-corrected chi connectivity index (χ1v) is 13.9. The number of benzene rings is 3. The van der Waals surface area contributed by atoms with Gasteiger partial charge in [-0.3, -0.25) is 9.52 Å². The van der Waals surface area contributed by atoms with E-state index >= 15 is 0 Å². The first-order chi connectivity index (χ1) is 17.1. The third-order valence-corrected chi connectivity index (χ3v) is 8.73. The van der Waals surface area contributed by atoms with E-state index in [1.165, 1.54) is 0 Å². The minimum absolute atomic E-state index is 0.0179. The van der Waals surface area contributed by atoms with Gasteiger partial charge in [-0.1, -0.05) is 44.2 Å². The van der Waals surface area contributed by atoms with Gasteiger partial charge < -0.3 is 10.1 Å². The van der Waals surface area contributed by atoms with Gasteiger partial charge in [0.25, 0.3) is 10.0 Å². The lowest BCUT2D eigenvalue weighted by molar-refractivity contribution is 0.0827. The summed E-state index contributed by atoms with van der Waals surface area (Å²) in [4.78, 5) is 12.6. The molecule has 0 bridgehead atoms. The molecule has 5 rings (SSSR count). The van der Waals surface area contributed by atoms with Gasteiger partial charge in [0.05, 0.1) is 17.0 Å². The van der Waals surface area contributed by atoms with E-state index in [1.54, 1.807) is 18.2 Å². The highest BCUT2D eigenvalue weighted by atomic mass is 32.2. The molecule has 0 saturated carbocycles. The molecule has 1 fully saturated rings. The van der Waals surface area contributed by atoms with Crippen LogP contribution in [0.15, 0.2) is 65.6 Å². The Bertz CT molecular complexity index is 1410. The molecule has 0 aromatic heterocycles. The number of carbonyl (C=O) groups is 1. The Morgan fingerprint density at radius 1 is 1.00 bits per heavy atom. The summed E-state index contributed by atoms with van der Waals surface area (Å²) in [5.74, 6) is 0.252. The van der Waals surface area contributed by atoms with Crippen LogP contribution in [0.4, 0.5) is 11.4 Å². The average molecular weight is 505 g/mol. The van der Waals surface area contributed by atoms with Gasteiger partial charge in [0.2, 0.25) is 0 Å². The van der Waals surface area contributed by atoms with Crippen LogP contribution < -0.4 is 10.0 Å². The van der Waals surface area contributed by atoms with E-state index in [-0.39, 0.29) is 34.7 Å². The van der Waals surface area contributed by atoms with Gasteiger partial charge >= 0.3 is 0 Å². The fourth-order valence-electron chi connectivity index (χ4n) is 5.15. The highest BCUT2D eigenvalue weighted by Gasteiger charge is 2.42. The van der Waals surface area contributed by atoms with Crippen molar-refractivity contribution in [2.45, 2.75) is 51.2 Å². The van der Waals surface area contributed by atoms with Crippen LogP contribution in [0.2, 0.25) is 0 Å². The maximum Gasteiger partial charge on any atom is 0.261 e. The topological polar surface area (TPSA) is 84.5 Å². The number of carbonyl (C=O) groups excluding carboxylic acids is 1. The number of sulfonamides is 1. The van der Waals surface area contributed by atoms with Gasteiger partial charge in [0, 0.05) is 40.9 Å². The van der Waals surface area contributed by atoms with Crippen LogP contribution in [0.3, 0.4) is 0 Å². The molecule has 0 radical (unpaired) electrons. The Balaban J connectivity index is 1.43. The fraction of sp³-hybridized carbons (Fsp3) is 0.345. The molecule has 2 N–H and O–H groups in total. The molecule has 0 amide bonds. The summed E-state index contributed by atoms with van der Waals surface area (Å²) in [6, 6.07) is 18.6. The number of nitrogens with one attached hydrogen (secondary N) is 2. The highest BCUT2D eigenvalue weighted by Crippen LogP contribution is 2.50. The third-order valence-electron chi connectivity index (χ3n) is 7.35. The highest BCUT2D eigenvalue weighted by molar-refractivity contribution is 7.92. The number of hydrogen-bond donors (Lipinski definition) is 2. The first kappa shape index (κ1) is 24.5. The zero-order chi connectivity index (χ0) is 25.6. The normalized spacial score (nSPS) is 21.0. The smallest absolute Gasteiger partial charge is 0.261 e. The number of rotatable bonds is 6. The van der Waals surface area contributed by atoms with Crippen molar-refractivity contribution in [1.29, 1.82) is 0 Å². The van der Waals surface area contributed by atoms with Crippen molar-refractivity contribution in [3.8, 4) is 0 Å². The predicted molar refractivity (Wildman–Crippen MR) is 142 cm³/mol. The number of ether oxygens (including phenoxy) is 1. The number of ketones is 1. The van der Waals surface area contributed by atoms with Crippen molar-refractivity contribution in [3.05, 3.63) is 88.5 Å². The molecule has 2 aliphatic heterocycles. The summed E-state index contributed by atoms with van der Waals surface area (Å²) in [7, 11) is -3.76. The Morgan fingerprint density at radius 2 is 1.75 bits per heavy atom. The summed E-state index contributed by atoms with van der Waals surface area (Å²) < 4.78 is 35.2. The molecule has 2 aliphatic rings. The van der Waals surface area contributed by atoms with E-state index in [2.05, 4.69) is 10.0 Å². The number of Topliss-reactive ketones (excluding diaryl/α,β-unsaturated/α-hetero) is 1. The summed E-state index contributed by atoms with van der Waals surface area (Å²) in [5.41, 5.74) is 6.23. The standard InChI is InChI=1S/C29H32N2O4S/c1-17(2)28(32)21-8-6-20(7-9-21)27-24-13-14-35-29(24)25-16-23(11-12-26(25)30-27)36(33,34)31-22-10-5-18(3)19(4)15-22/h5-12,15-17,24,27,29-31H,13-14H2,1-4H3/t24-,27+,29?/m0/s1. The number of aryl methyl sites for hydroxylation is 2. The summed E-state index contributed by atoms with van der Waals surface area (Å²) >= 11 is 0. The molecule has 0 spiro atoms. The molecule has 3 atom stereocenters. The molecule has 1 saturated heterocycles. The van der Waals surface area contributed by atoms with Crippen LogP contribution in [-0.4, -0.2) is 20.8 Å². The van der Waals surface area contributed by atoms with Gasteiger partial charge in [0.1, 0.15) is 0 Å². The molecule has 0 aliphatic carbocycles. The van der Waals surface area contributed by atoms with E-state index in [0.29, 0.717) is 12.3 Å². The lowest BCUT2D eigenvalue weighted by Gasteiger charge is -2.36. The molecule has 3 aromatic rings. The summed E-state index contributed by atoms with van der Waals surface area (Å²) in [6.07, 6.45) is 0.673. The van der Waals surface area contributed by atoms with E-state index < -0.39 is 10.0 Å². The number of fused-ring (bicyclic) bond motifs is 3. The van der Waals surface area contributed by atoms with Crippen LogP contribution in [0.25, 0.3) is 0 Å². The lowest BCUT2D eigenvalue weighted by atomic mass is 9.81. The molecule has 1 unspecified atom stereocenters. The van der Waals surface area contributed by atoms with Gasteiger partial charge in [-0.25, -0.2) is 8.42 Å². The van der Waals surface area contributed by atoms with Gasteiger partial charge in [-0.2, -0.15) is 0 Å². The lowest BCUT2D eigenvalue weighted by Crippen LogP contribution is -2.29. The zero-order valence-electron chi connectivity index (χ0n) is 21.0. The van der Waals surface area contributed by atoms with Crippen LogP contribution in [0.5, 0.6) is 0 Å². The van der Waals surface area contributed by atoms with Gasteiger partial charge in [-0.15, -0.1) is 0 Å². The van der Waals surface area contributed by atoms with Crippen LogP contribution in [-0.2, 0) is 14.8 Å². The Kier molecular flexibility index (Phi) is 6.39. The molecule has 3 aromatic carbocycles. The van der Waals surface area contributed by atoms with E-state index in [0.717, 1.165) is 39.9 Å². The van der Waals surface area contributed by atoms with E-state index in [1.807, 2.05) is 70.2 Å². The molecule has 2 heterocycles. The monoisotopic (exact) mass is 504 g/mol. The van der Waals surface area contributed by atoms with Gasteiger partial charge in [-0.05, 0) is 67.3 Å². The van der Waals surface area contributed by atoms with Crippen LogP contribution in [0.1, 0.15) is 65.0 Å². The van der Waals surface area contributed by atoms with Crippen LogP contribution >= 0.6 is 0 Å². The summed E-state index contributed by atoms with van der Waals surface area (Å²) in [5, 5.41) is 3.62. The predicted octanol–water partition coefficient (Wildman–Crippen LogP) is 6.19. The molecular formula is C29H32N2O4S. The van der Waals surface area contributed by atoms with Gasteiger partial charge in [0.15, 0.2) is 5.78 Å².